The second-order valence-electron chi connectivity index (χ2n) is 9.48. The molecular formula is C31H36N6O9. The van der Waals surface area contributed by atoms with E-state index in [1.54, 1.807) is 6.33 Å². The number of nitrogens with one attached hydrogen (secondary N) is 1. The van der Waals surface area contributed by atoms with E-state index in [1.807, 2.05) is 35.3 Å². The van der Waals surface area contributed by atoms with Gasteiger partial charge >= 0.3 is 23.9 Å². The van der Waals surface area contributed by atoms with Gasteiger partial charge in [0.15, 0.2) is 0 Å². The molecule has 46 heavy (non-hydrogen) atoms. The lowest BCUT2D eigenvalue weighted by Crippen LogP contribution is -2.43. The first-order valence-corrected chi connectivity index (χ1v) is 13.9. The van der Waals surface area contributed by atoms with Crippen molar-refractivity contribution in [2.24, 2.45) is 0 Å². The fraction of sp³-hybridized carbons (Fsp3) is 0.258. The molecule has 1 fully saturated rings. The number of nitrogens with zero attached hydrogens (tertiary/aromatic N) is 5. The number of benzene rings is 1. The standard InChI is InChI=1S/C23H28N6O.2C4H4O4/c1-3-11-28(12-4-2)22-25-17-26-23(27-22)29-13-9-19(10-14-29)24-16-20-15-18-7-5-6-8-21(18)30-20;2*5-3(6)1-2-4(7)8/h3-8,15,17,19,24H,1-2,9-14,16H2;2*1-2H,(H,5,6)(H,7,8). The normalized spacial score (nSPS) is 12.9. The molecule has 0 spiro atoms. The van der Waals surface area contributed by atoms with Crippen LogP contribution in [0.1, 0.15) is 18.6 Å². The fourth-order valence-electron chi connectivity index (χ4n) is 4.07. The highest BCUT2D eigenvalue weighted by Crippen LogP contribution is 2.21. The number of carbonyl (C=O) groups is 4. The van der Waals surface area contributed by atoms with E-state index in [2.05, 4.69) is 50.5 Å². The van der Waals surface area contributed by atoms with Crippen molar-refractivity contribution in [2.45, 2.75) is 25.4 Å². The number of carboxylic acid groups (broad SMARTS) is 4. The summed E-state index contributed by atoms with van der Waals surface area (Å²) in [5.41, 5.74) is 0.941. The molecule has 0 unspecified atom stereocenters. The van der Waals surface area contributed by atoms with Crippen LogP contribution in [-0.4, -0.2) is 91.5 Å². The zero-order chi connectivity index (χ0) is 33.9. The first-order valence-electron chi connectivity index (χ1n) is 13.9. The minimum Gasteiger partial charge on any atom is -0.478 e. The maximum atomic E-state index is 9.55. The molecule has 0 bridgehead atoms. The summed E-state index contributed by atoms with van der Waals surface area (Å²) in [5, 5.41) is 36.0. The molecular weight excluding hydrogens is 600 g/mol. The smallest absolute Gasteiger partial charge is 0.328 e. The number of furan rings is 1. The summed E-state index contributed by atoms with van der Waals surface area (Å²) in [5.74, 6) is -2.66. The number of rotatable bonds is 13. The molecule has 244 valence electrons. The van der Waals surface area contributed by atoms with E-state index < -0.39 is 23.9 Å². The first-order chi connectivity index (χ1) is 22.0. The zero-order valence-corrected chi connectivity index (χ0v) is 24.9. The maximum Gasteiger partial charge on any atom is 0.328 e. The SMILES string of the molecule is C=CCN(CC=C)c1ncnc(N2CCC(NCc3cc4ccccc4o3)CC2)n1.O=C(O)C=CC(=O)O.O=C(O)C=CC(=O)O. The van der Waals surface area contributed by atoms with Crippen LogP contribution in [0.4, 0.5) is 11.9 Å². The van der Waals surface area contributed by atoms with E-state index in [9.17, 15) is 19.2 Å². The van der Waals surface area contributed by atoms with Crippen molar-refractivity contribution in [3.05, 3.63) is 92.0 Å². The molecule has 2 aromatic heterocycles. The third-order valence-corrected chi connectivity index (χ3v) is 6.08. The molecule has 4 rings (SSSR count). The Bertz CT molecular complexity index is 1430. The molecule has 0 atom stereocenters. The van der Waals surface area contributed by atoms with Crippen LogP contribution in [0.2, 0.25) is 0 Å². The quantitative estimate of drug-likeness (QED) is 0.134. The van der Waals surface area contributed by atoms with Gasteiger partial charge in [-0.2, -0.15) is 4.98 Å². The monoisotopic (exact) mass is 636 g/mol. The highest BCUT2D eigenvalue weighted by Gasteiger charge is 2.22. The van der Waals surface area contributed by atoms with Crippen molar-refractivity contribution in [3.63, 3.8) is 0 Å². The first kappa shape index (κ1) is 36.4. The van der Waals surface area contributed by atoms with Crippen LogP contribution in [0.5, 0.6) is 0 Å². The summed E-state index contributed by atoms with van der Waals surface area (Å²) in [4.78, 5) is 55.9. The number of hydrogen-bond donors (Lipinski definition) is 5. The van der Waals surface area contributed by atoms with Gasteiger partial charge in [0.05, 0.1) is 6.54 Å². The minimum atomic E-state index is -1.26. The molecule has 5 N–H and O–H groups in total. The Balaban J connectivity index is 0.000000381. The Labute approximate surface area is 264 Å². The second kappa shape index (κ2) is 19.4. The molecule has 3 heterocycles. The van der Waals surface area contributed by atoms with E-state index in [0.717, 1.165) is 55.2 Å². The lowest BCUT2D eigenvalue weighted by atomic mass is 10.1. The van der Waals surface area contributed by atoms with Crippen molar-refractivity contribution in [3.8, 4) is 0 Å². The van der Waals surface area contributed by atoms with E-state index in [4.69, 9.17) is 24.8 Å². The summed E-state index contributed by atoms with van der Waals surface area (Å²) in [6.45, 7) is 11.5. The Hall–Kier alpha value is -5.83. The Kier molecular flexibility index (Phi) is 15.4. The summed E-state index contributed by atoms with van der Waals surface area (Å²) >= 11 is 0. The van der Waals surface area contributed by atoms with Gasteiger partial charge in [0.2, 0.25) is 11.9 Å². The van der Waals surface area contributed by atoms with E-state index in [1.165, 1.54) is 0 Å². The van der Waals surface area contributed by atoms with Crippen molar-refractivity contribution in [2.75, 3.05) is 36.0 Å². The van der Waals surface area contributed by atoms with E-state index >= 15 is 0 Å². The molecule has 1 aliphatic heterocycles. The molecule has 0 saturated carbocycles. The van der Waals surface area contributed by atoms with Crippen LogP contribution in [0.3, 0.4) is 0 Å². The largest absolute Gasteiger partial charge is 0.478 e. The topological polar surface area (TPSA) is 220 Å². The van der Waals surface area contributed by atoms with Gasteiger partial charge in [-0.25, -0.2) is 29.1 Å². The second-order valence-corrected chi connectivity index (χ2v) is 9.48. The summed E-state index contributed by atoms with van der Waals surface area (Å²) in [6, 6.07) is 10.7. The Morgan fingerprint density at radius 2 is 1.43 bits per heavy atom. The number of aromatic nitrogens is 3. The van der Waals surface area contributed by atoms with Gasteiger partial charge in [-0.15, -0.1) is 13.2 Å². The number of hydrogen-bond acceptors (Lipinski definition) is 11. The fourth-order valence-corrected chi connectivity index (χ4v) is 4.07. The molecule has 3 aromatic rings. The van der Waals surface area contributed by atoms with Crippen molar-refractivity contribution < 1.29 is 44.0 Å². The van der Waals surface area contributed by atoms with Crippen molar-refractivity contribution in [1.29, 1.82) is 0 Å². The lowest BCUT2D eigenvalue weighted by Gasteiger charge is -2.32. The average Bonchev–Trinajstić information content (AvgIpc) is 3.46. The third kappa shape index (κ3) is 13.6. The highest BCUT2D eigenvalue weighted by atomic mass is 16.4. The third-order valence-electron chi connectivity index (χ3n) is 6.08. The van der Waals surface area contributed by atoms with Crippen LogP contribution in [0.15, 0.2) is 90.7 Å². The highest BCUT2D eigenvalue weighted by molar-refractivity contribution is 5.90. The molecule has 15 nitrogen and oxygen atoms in total. The van der Waals surface area contributed by atoms with Crippen molar-refractivity contribution in [1.82, 2.24) is 20.3 Å². The predicted molar refractivity (Wildman–Crippen MR) is 170 cm³/mol. The van der Waals surface area contributed by atoms with Crippen LogP contribution in [-0.2, 0) is 25.7 Å². The number of fused-ring (bicyclic) bond motifs is 1. The van der Waals surface area contributed by atoms with E-state index in [-0.39, 0.29) is 0 Å². The van der Waals surface area contributed by atoms with E-state index in [0.29, 0.717) is 49.4 Å². The number of anilines is 2. The van der Waals surface area contributed by atoms with Gasteiger partial charge in [-0.3, -0.25) is 0 Å². The summed E-state index contributed by atoms with van der Waals surface area (Å²) in [7, 11) is 0. The van der Waals surface area contributed by atoms with Crippen LogP contribution in [0.25, 0.3) is 11.0 Å². The van der Waals surface area contributed by atoms with Crippen LogP contribution >= 0.6 is 0 Å². The molecule has 1 aliphatic rings. The van der Waals surface area contributed by atoms with Gasteiger partial charge in [0.1, 0.15) is 17.7 Å². The number of para-hydroxylation sites is 1. The van der Waals surface area contributed by atoms with Gasteiger partial charge < -0.3 is 40.0 Å². The van der Waals surface area contributed by atoms with Crippen LogP contribution in [0, 0.1) is 0 Å². The van der Waals surface area contributed by atoms with Gasteiger partial charge in [0, 0.05) is 61.9 Å². The maximum absolute atomic E-state index is 9.55. The van der Waals surface area contributed by atoms with Gasteiger partial charge in [-0.05, 0) is 25.0 Å². The lowest BCUT2D eigenvalue weighted by molar-refractivity contribution is -0.134. The number of carboxylic acids is 4. The molecule has 1 saturated heterocycles. The molecule has 1 aromatic carbocycles. The predicted octanol–water partition coefficient (Wildman–Crippen LogP) is 2.98. The van der Waals surface area contributed by atoms with Crippen LogP contribution < -0.4 is 15.1 Å². The Morgan fingerprint density at radius 1 is 0.891 bits per heavy atom. The van der Waals surface area contributed by atoms with Crippen molar-refractivity contribution >= 4 is 46.7 Å². The van der Waals surface area contributed by atoms with Gasteiger partial charge in [0.25, 0.3) is 0 Å². The van der Waals surface area contributed by atoms with Gasteiger partial charge in [-0.1, -0.05) is 30.4 Å². The Morgan fingerprint density at radius 3 is 1.93 bits per heavy atom. The zero-order valence-electron chi connectivity index (χ0n) is 24.9. The molecule has 0 radical (unpaired) electrons. The number of aliphatic carboxylic acids is 4. The summed E-state index contributed by atoms with van der Waals surface area (Å²) < 4.78 is 5.91. The molecule has 0 aliphatic carbocycles. The summed E-state index contributed by atoms with van der Waals surface area (Å²) in [6.07, 6.45) is 9.56. The molecule has 0 amide bonds. The molecule has 15 heteroatoms. The minimum absolute atomic E-state index is 0.453. The average molecular weight is 637 g/mol. The number of piperidine rings is 1.